The first-order chi connectivity index (χ1) is 18.7. The monoisotopic (exact) mass is 557 g/mol. The molecule has 0 aliphatic carbocycles. The van der Waals surface area contributed by atoms with Crippen LogP contribution in [-0.2, 0) is 16.2 Å². The van der Waals surface area contributed by atoms with E-state index in [1.54, 1.807) is 36.4 Å². The van der Waals surface area contributed by atoms with E-state index in [-0.39, 0.29) is 11.3 Å². The van der Waals surface area contributed by atoms with E-state index in [2.05, 4.69) is 0 Å². The number of aliphatic hydroxyl groups is 1. The standard InChI is InChI=1S/C32H25Cl2NO4/c1-19-8-6-7-11-26(19)29-28(31(37)32(38)35(29)25-16-23(33)15-24(34)17-25)30(36)22-12-13-27(20(2)14-22)39-18-21-9-4-3-5-10-21/h3-17,29,36H,18H2,1-2H3/b30-28+. The van der Waals surface area contributed by atoms with Crippen LogP contribution in [0, 0.1) is 13.8 Å². The van der Waals surface area contributed by atoms with Crippen LogP contribution in [0.15, 0.2) is 96.6 Å². The lowest BCUT2D eigenvalue weighted by atomic mass is 9.92. The van der Waals surface area contributed by atoms with Gasteiger partial charge < -0.3 is 9.84 Å². The Morgan fingerprint density at radius 2 is 1.51 bits per heavy atom. The van der Waals surface area contributed by atoms with Crippen LogP contribution in [0.3, 0.4) is 0 Å². The molecule has 1 aliphatic heterocycles. The van der Waals surface area contributed by atoms with Crippen molar-refractivity contribution in [3.05, 3.63) is 134 Å². The Balaban J connectivity index is 1.59. The third-order valence-corrected chi connectivity index (χ3v) is 7.17. The second-order valence-electron chi connectivity index (χ2n) is 9.41. The van der Waals surface area contributed by atoms with Gasteiger partial charge >= 0.3 is 0 Å². The number of benzene rings is 4. The average Bonchev–Trinajstić information content (AvgIpc) is 3.17. The lowest BCUT2D eigenvalue weighted by molar-refractivity contribution is -0.132. The Bertz CT molecular complexity index is 1590. The van der Waals surface area contributed by atoms with Crippen LogP contribution < -0.4 is 9.64 Å². The van der Waals surface area contributed by atoms with E-state index < -0.39 is 17.7 Å². The largest absolute Gasteiger partial charge is 0.507 e. The van der Waals surface area contributed by atoms with Crippen LogP contribution >= 0.6 is 23.2 Å². The third kappa shape index (κ3) is 5.29. The minimum atomic E-state index is -0.880. The second-order valence-corrected chi connectivity index (χ2v) is 10.3. The third-order valence-electron chi connectivity index (χ3n) is 6.74. The minimum Gasteiger partial charge on any atom is -0.507 e. The van der Waals surface area contributed by atoms with Gasteiger partial charge in [-0.25, -0.2) is 0 Å². The SMILES string of the molecule is Cc1cc(/C(O)=C2\C(=O)C(=O)N(c3cc(Cl)cc(Cl)c3)C2c2ccccc2C)ccc1OCc1ccccc1. The van der Waals surface area contributed by atoms with Crippen molar-refractivity contribution in [1.82, 2.24) is 0 Å². The molecule has 1 fully saturated rings. The number of carbonyl (C=O) groups is 2. The summed E-state index contributed by atoms with van der Waals surface area (Å²) in [5, 5.41) is 12.2. The predicted octanol–water partition coefficient (Wildman–Crippen LogP) is 7.82. The molecule has 4 aromatic carbocycles. The Hall–Kier alpha value is -4.06. The molecule has 0 bridgehead atoms. The summed E-state index contributed by atoms with van der Waals surface area (Å²) in [5.41, 5.74) is 4.12. The van der Waals surface area contributed by atoms with Crippen molar-refractivity contribution in [3.63, 3.8) is 0 Å². The smallest absolute Gasteiger partial charge is 0.300 e. The van der Waals surface area contributed by atoms with E-state index >= 15 is 0 Å². The molecule has 0 saturated carbocycles. The van der Waals surface area contributed by atoms with Gasteiger partial charge in [0.2, 0.25) is 0 Å². The predicted molar refractivity (Wildman–Crippen MR) is 154 cm³/mol. The molecular weight excluding hydrogens is 533 g/mol. The van der Waals surface area contributed by atoms with Crippen LogP contribution in [0.25, 0.3) is 5.76 Å². The Morgan fingerprint density at radius 3 is 2.18 bits per heavy atom. The van der Waals surface area contributed by atoms with Gasteiger partial charge in [-0.1, -0.05) is 77.8 Å². The summed E-state index contributed by atoms with van der Waals surface area (Å²) in [6.45, 7) is 4.15. The second kappa shape index (κ2) is 11.0. The maximum absolute atomic E-state index is 13.5. The van der Waals surface area contributed by atoms with Gasteiger partial charge in [0.05, 0.1) is 11.6 Å². The van der Waals surface area contributed by atoms with Crippen molar-refractivity contribution in [2.75, 3.05) is 4.90 Å². The molecule has 7 heteroatoms. The van der Waals surface area contributed by atoms with Crippen molar-refractivity contribution in [1.29, 1.82) is 0 Å². The average molecular weight is 558 g/mol. The van der Waals surface area contributed by atoms with E-state index in [1.807, 2.05) is 68.4 Å². The summed E-state index contributed by atoms with van der Waals surface area (Å²) in [7, 11) is 0. The molecule has 0 radical (unpaired) electrons. The maximum atomic E-state index is 13.5. The molecule has 1 atom stereocenters. The van der Waals surface area contributed by atoms with Gasteiger partial charge in [0.25, 0.3) is 11.7 Å². The molecule has 1 aliphatic rings. The molecule has 1 heterocycles. The van der Waals surface area contributed by atoms with Crippen LogP contribution in [0.5, 0.6) is 5.75 Å². The van der Waals surface area contributed by atoms with Gasteiger partial charge in [-0.2, -0.15) is 0 Å². The summed E-state index contributed by atoms with van der Waals surface area (Å²) in [4.78, 5) is 28.3. The Kier molecular flexibility index (Phi) is 7.47. The quantitative estimate of drug-likeness (QED) is 0.149. The fourth-order valence-corrected chi connectivity index (χ4v) is 5.33. The first-order valence-corrected chi connectivity index (χ1v) is 13.1. The topological polar surface area (TPSA) is 66.8 Å². The number of amides is 1. The molecule has 1 saturated heterocycles. The van der Waals surface area contributed by atoms with Crippen molar-refractivity contribution in [3.8, 4) is 5.75 Å². The normalized spacial score (nSPS) is 16.5. The molecule has 4 aromatic rings. The zero-order valence-corrected chi connectivity index (χ0v) is 22.8. The van der Waals surface area contributed by atoms with Crippen LogP contribution in [-0.4, -0.2) is 16.8 Å². The molecule has 1 amide bonds. The van der Waals surface area contributed by atoms with Crippen LogP contribution in [0.1, 0.15) is 33.9 Å². The molecular formula is C32H25Cl2NO4. The molecule has 1 unspecified atom stereocenters. The first-order valence-electron chi connectivity index (χ1n) is 12.3. The highest BCUT2D eigenvalue weighted by molar-refractivity contribution is 6.52. The molecule has 5 rings (SSSR count). The van der Waals surface area contributed by atoms with Gasteiger partial charge in [0, 0.05) is 21.3 Å². The first kappa shape index (κ1) is 26.5. The molecule has 0 spiro atoms. The zero-order chi connectivity index (χ0) is 27.7. The number of aryl methyl sites for hydroxylation is 2. The summed E-state index contributed by atoms with van der Waals surface area (Å²) in [6.07, 6.45) is 0. The number of nitrogens with zero attached hydrogens (tertiary/aromatic N) is 1. The number of ketones is 1. The van der Waals surface area contributed by atoms with E-state index in [1.165, 1.54) is 4.90 Å². The Labute approximate surface area is 236 Å². The van der Waals surface area contributed by atoms with E-state index in [4.69, 9.17) is 27.9 Å². The summed E-state index contributed by atoms with van der Waals surface area (Å²) in [6, 6.07) is 26.2. The van der Waals surface area contributed by atoms with Crippen molar-refractivity contribution < 1.29 is 19.4 Å². The molecule has 0 aromatic heterocycles. The number of hydrogen-bond acceptors (Lipinski definition) is 4. The number of ether oxygens (including phenoxy) is 1. The zero-order valence-electron chi connectivity index (χ0n) is 21.3. The number of rotatable bonds is 6. The summed E-state index contributed by atoms with van der Waals surface area (Å²) >= 11 is 12.5. The van der Waals surface area contributed by atoms with Gasteiger partial charge in [-0.3, -0.25) is 14.5 Å². The van der Waals surface area contributed by atoms with E-state index in [9.17, 15) is 14.7 Å². The van der Waals surface area contributed by atoms with Gasteiger partial charge in [-0.05, 0) is 72.5 Å². The Morgan fingerprint density at radius 1 is 0.846 bits per heavy atom. The van der Waals surface area contributed by atoms with E-state index in [0.717, 1.165) is 16.7 Å². The molecule has 39 heavy (non-hydrogen) atoms. The molecule has 1 N–H and O–H groups in total. The highest BCUT2D eigenvalue weighted by atomic mass is 35.5. The van der Waals surface area contributed by atoms with Crippen LogP contribution in [0.4, 0.5) is 5.69 Å². The number of anilines is 1. The fraction of sp³-hybridized carbons (Fsp3) is 0.125. The molecule has 5 nitrogen and oxygen atoms in total. The van der Waals surface area contributed by atoms with E-state index in [0.29, 0.717) is 39.2 Å². The number of carbonyl (C=O) groups excluding carboxylic acids is 2. The van der Waals surface area contributed by atoms with Gasteiger partial charge in [0.15, 0.2) is 0 Å². The summed E-state index contributed by atoms with van der Waals surface area (Å²) < 4.78 is 5.97. The number of halogens is 2. The van der Waals surface area contributed by atoms with Crippen molar-refractivity contribution in [2.24, 2.45) is 0 Å². The van der Waals surface area contributed by atoms with Gasteiger partial charge in [0.1, 0.15) is 18.1 Å². The van der Waals surface area contributed by atoms with Crippen LogP contribution in [0.2, 0.25) is 10.0 Å². The number of aliphatic hydroxyl groups excluding tert-OH is 1. The highest BCUT2D eigenvalue weighted by Gasteiger charge is 2.47. The number of hydrogen-bond donors (Lipinski definition) is 1. The van der Waals surface area contributed by atoms with Crippen molar-refractivity contribution in [2.45, 2.75) is 26.5 Å². The lowest BCUT2D eigenvalue weighted by Gasteiger charge is -2.27. The highest BCUT2D eigenvalue weighted by Crippen LogP contribution is 2.44. The minimum absolute atomic E-state index is 0.0113. The molecule has 196 valence electrons. The van der Waals surface area contributed by atoms with Gasteiger partial charge in [-0.15, -0.1) is 0 Å². The number of Topliss-reactive ketones (excluding diaryl/α,β-unsaturated/α-hetero) is 1. The summed E-state index contributed by atoms with van der Waals surface area (Å²) in [5.74, 6) is -1.18. The lowest BCUT2D eigenvalue weighted by Crippen LogP contribution is -2.29. The maximum Gasteiger partial charge on any atom is 0.300 e. The fourth-order valence-electron chi connectivity index (χ4n) is 4.81. The van der Waals surface area contributed by atoms with Crippen molar-refractivity contribution >= 4 is 46.3 Å².